The highest BCUT2D eigenvalue weighted by atomic mass is 16.2. The van der Waals surface area contributed by atoms with E-state index >= 15 is 0 Å². The number of amides is 1. The van der Waals surface area contributed by atoms with Gasteiger partial charge in [0.15, 0.2) is 0 Å². The maximum Gasteiger partial charge on any atom is 0.291 e. The van der Waals surface area contributed by atoms with Crippen LogP contribution < -0.4 is 10.9 Å². The lowest BCUT2D eigenvalue weighted by molar-refractivity contribution is -0.121. The number of benzene rings is 1. The highest BCUT2D eigenvalue weighted by Gasteiger charge is 2.11. The molecule has 1 N–H and O–H groups in total. The van der Waals surface area contributed by atoms with Crippen LogP contribution in [-0.4, -0.2) is 44.6 Å². The zero-order valence-electron chi connectivity index (χ0n) is 16.5. The van der Waals surface area contributed by atoms with Crippen LogP contribution in [0, 0.1) is 6.92 Å². The fourth-order valence-corrected chi connectivity index (χ4v) is 3.26. The second kappa shape index (κ2) is 9.32. The second-order valence-electron chi connectivity index (χ2n) is 6.83. The Hall–Kier alpha value is -2.93. The van der Waals surface area contributed by atoms with E-state index < -0.39 is 0 Å². The van der Waals surface area contributed by atoms with Crippen LogP contribution in [0.15, 0.2) is 53.5 Å². The molecule has 0 bridgehead atoms. The lowest BCUT2D eigenvalue weighted by atomic mass is 10.2. The summed E-state index contributed by atoms with van der Waals surface area (Å²) in [6.07, 6.45) is 2.64. The van der Waals surface area contributed by atoms with Crippen LogP contribution in [0.1, 0.15) is 24.7 Å². The summed E-state index contributed by atoms with van der Waals surface area (Å²) in [5, 5.41) is 7.12. The van der Waals surface area contributed by atoms with Crippen molar-refractivity contribution in [2.24, 2.45) is 0 Å². The maximum absolute atomic E-state index is 12.4. The molecular formula is C21H27N5O2. The summed E-state index contributed by atoms with van der Waals surface area (Å²) in [6, 6.07) is 13.9. The highest BCUT2D eigenvalue weighted by molar-refractivity contribution is 5.75. The van der Waals surface area contributed by atoms with E-state index in [-0.39, 0.29) is 18.0 Å². The lowest BCUT2D eigenvalue weighted by Crippen LogP contribution is -2.36. The second-order valence-corrected chi connectivity index (χ2v) is 6.83. The van der Waals surface area contributed by atoms with E-state index in [4.69, 9.17) is 0 Å². The van der Waals surface area contributed by atoms with Crippen LogP contribution in [0.2, 0.25) is 0 Å². The molecule has 0 aliphatic heterocycles. The van der Waals surface area contributed by atoms with Crippen molar-refractivity contribution in [3.8, 4) is 0 Å². The molecule has 3 rings (SSSR count). The zero-order valence-corrected chi connectivity index (χ0v) is 16.5. The van der Waals surface area contributed by atoms with Crippen molar-refractivity contribution in [3.05, 3.63) is 70.4 Å². The maximum atomic E-state index is 12.4. The van der Waals surface area contributed by atoms with Gasteiger partial charge in [0.25, 0.3) is 5.56 Å². The molecule has 0 aliphatic rings. The number of hydrogen-bond acceptors (Lipinski definition) is 4. The molecule has 0 spiro atoms. The topological polar surface area (TPSA) is 71.6 Å². The molecule has 1 aromatic carbocycles. The Morgan fingerprint density at radius 3 is 2.71 bits per heavy atom. The summed E-state index contributed by atoms with van der Waals surface area (Å²) in [7, 11) is 0. The largest absolute Gasteiger partial charge is 0.354 e. The minimum absolute atomic E-state index is 0.0666. The van der Waals surface area contributed by atoms with Gasteiger partial charge in [-0.25, -0.2) is 4.68 Å². The van der Waals surface area contributed by atoms with Crippen LogP contribution >= 0.6 is 0 Å². The monoisotopic (exact) mass is 381 g/mol. The molecule has 7 nitrogen and oxygen atoms in total. The lowest BCUT2D eigenvalue weighted by Gasteiger charge is -2.20. The molecule has 7 heteroatoms. The van der Waals surface area contributed by atoms with Crippen LogP contribution in [0.5, 0.6) is 0 Å². The number of carbonyl (C=O) groups is 1. The van der Waals surface area contributed by atoms with Crippen LogP contribution in [0.3, 0.4) is 0 Å². The van der Waals surface area contributed by atoms with Crippen molar-refractivity contribution in [1.82, 2.24) is 24.4 Å². The van der Waals surface area contributed by atoms with Crippen molar-refractivity contribution in [1.29, 1.82) is 0 Å². The number of nitrogens with one attached hydrogen (secondary N) is 1. The van der Waals surface area contributed by atoms with Crippen molar-refractivity contribution < 1.29 is 4.79 Å². The fraction of sp³-hybridized carbons (Fsp3) is 0.381. The van der Waals surface area contributed by atoms with Crippen molar-refractivity contribution in [2.75, 3.05) is 19.6 Å². The Bertz CT molecular complexity index is 977. The molecule has 0 saturated carbocycles. The van der Waals surface area contributed by atoms with Gasteiger partial charge in [-0.1, -0.05) is 37.3 Å². The molecule has 0 saturated heterocycles. The van der Waals surface area contributed by atoms with Crippen LogP contribution in [-0.2, 0) is 17.9 Å². The van der Waals surface area contributed by atoms with Gasteiger partial charge in [-0.15, -0.1) is 0 Å². The van der Waals surface area contributed by atoms with Crippen LogP contribution in [0.25, 0.3) is 5.52 Å². The standard InChI is InChI=1S/C21H27N5O2/c1-3-24(15-18-9-5-4-6-10-18)13-8-12-22-20(27)16-26-21(28)19-11-7-14-25(19)17(2)23-26/h4-7,9-11,14H,3,8,12-13,15-16H2,1-2H3,(H,22,27). The Labute approximate surface area is 164 Å². The first kappa shape index (κ1) is 19.8. The summed E-state index contributed by atoms with van der Waals surface area (Å²) >= 11 is 0. The number of hydrogen-bond donors (Lipinski definition) is 1. The number of aromatic nitrogens is 3. The number of rotatable bonds is 9. The third-order valence-corrected chi connectivity index (χ3v) is 4.78. The first-order valence-electron chi connectivity index (χ1n) is 9.66. The van der Waals surface area contributed by atoms with E-state index in [1.54, 1.807) is 22.7 Å². The predicted molar refractivity (Wildman–Crippen MR) is 109 cm³/mol. The molecule has 0 unspecified atom stereocenters. The molecular weight excluding hydrogens is 354 g/mol. The first-order valence-corrected chi connectivity index (χ1v) is 9.66. The molecule has 2 heterocycles. The van der Waals surface area contributed by atoms with Gasteiger partial charge in [0.05, 0.1) is 0 Å². The molecule has 0 aliphatic carbocycles. The predicted octanol–water partition coefficient (Wildman–Crippen LogP) is 1.83. The van der Waals surface area contributed by atoms with Crippen molar-refractivity contribution >= 4 is 11.4 Å². The van der Waals surface area contributed by atoms with Crippen molar-refractivity contribution in [2.45, 2.75) is 33.4 Å². The molecule has 0 fully saturated rings. The molecule has 0 atom stereocenters. The smallest absolute Gasteiger partial charge is 0.291 e. The van der Waals surface area contributed by atoms with Gasteiger partial charge < -0.3 is 5.32 Å². The summed E-state index contributed by atoms with van der Waals surface area (Å²) in [5.41, 5.74) is 1.56. The third kappa shape index (κ3) is 4.86. The van der Waals surface area contributed by atoms with Gasteiger partial charge >= 0.3 is 0 Å². The van der Waals surface area contributed by atoms with Gasteiger partial charge in [-0.2, -0.15) is 5.10 Å². The van der Waals surface area contributed by atoms with Gasteiger partial charge in [0.2, 0.25) is 5.91 Å². The summed E-state index contributed by atoms with van der Waals surface area (Å²) in [4.78, 5) is 27.0. The average molecular weight is 381 g/mol. The third-order valence-electron chi connectivity index (χ3n) is 4.78. The minimum atomic E-state index is -0.259. The molecule has 0 radical (unpaired) electrons. The van der Waals surface area contributed by atoms with E-state index in [1.807, 2.05) is 25.1 Å². The molecule has 2 aromatic heterocycles. The van der Waals surface area contributed by atoms with E-state index in [9.17, 15) is 9.59 Å². The SMILES string of the molecule is CCN(CCCNC(=O)Cn1nc(C)n2cccc2c1=O)Cc1ccccc1. The average Bonchev–Trinajstić information content (AvgIpc) is 3.20. The number of nitrogens with zero attached hydrogens (tertiary/aromatic N) is 4. The molecule has 3 aromatic rings. The van der Waals surface area contributed by atoms with E-state index in [0.29, 0.717) is 17.9 Å². The summed E-state index contributed by atoms with van der Waals surface area (Å²) in [5.74, 6) is 0.475. The van der Waals surface area contributed by atoms with Gasteiger partial charge in [-0.05, 0) is 37.6 Å². The summed E-state index contributed by atoms with van der Waals surface area (Å²) < 4.78 is 2.95. The minimum Gasteiger partial charge on any atom is -0.354 e. The van der Waals surface area contributed by atoms with Gasteiger partial charge in [-0.3, -0.25) is 18.9 Å². The van der Waals surface area contributed by atoms with Gasteiger partial charge in [0.1, 0.15) is 17.9 Å². The first-order chi connectivity index (χ1) is 13.6. The van der Waals surface area contributed by atoms with E-state index in [2.05, 4.69) is 34.4 Å². The zero-order chi connectivity index (χ0) is 19.9. The number of fused-ring (bicyclic) bond motifs is 1. The Morgan fingerprint density at radius 1 is 1.18 bits per heavy atom. The Balaban J connectivity index is 1.47. The molecule has 148 valence electrons. The fourth-order valence-electron chi connectivity index (χ4n) is 3.26. The molecule has 28 heavy (non-hydrogen) atoms. The summed E-state index contributed by atoms with van der Waals surface area (Å²) in [6.45, 7) is 7.22. The van der Waals surface area contributed by atoms with Crippen molar-refractivity contribution in [3.63, 3.8) is 0 Å². The number of aryl methyl sites for hydroxylation is 1. The van der Waals surface area contributed by atoms with E-state index in [0.717, 1.165) is 26.1 Å². The normalized spacial score (nSPS) is 11.2. The number of carbonyl (C=O) groups excluding carboxylic acids is 1. The quantitative estimate of drug-likeness (QED) is 0.574. The van der Waals surface area contributed by atoms with Crippen LogP contribution in [0.4, 0.5) is 0 Å². The molecule has 1 amide bonds. The van der Waals surface area contributed by atoms with E-state index in [1.165, 1.54) is 10.2 Å². The van der Waals surface area contributed by atoms with Gasteiger partial charge in [0, 0.05) is 25.8 Å². The Morgan fingerprint density at radius 2 is 1.96 bits per heavy atom. The highest BCUT2D eigenvalue weighted by Crippen LogP contribution is 2.04. The Kier molecular flexibility index (Phi) is 6.60.